The summed E-state index contributed by atoms with van der Waals surface area (Å²) in [5.74, 6) is 0.511. The van der Waals surface area contributed by atoms with E-state index in [1.165, 1.54) is 12.8 Å². The summed E-state index contributed by atoms with van der Waals surface area (Å²) in [5.41, 5.74) is 2.68. The number of nitrogens with zero attached hydrogens (tertiary/aromatic N) is 1. The molecule has 1 aliphatic heterocycles. The second-order valence-corrected chi connectivity index (χ2v) is 8.83. The normalized spacial score (nSPS) is 16.6. The lowest BCUT2D eigenvalue weighted by Crippen LogP contribution is -2.39. The first-order valence-corrected chi connectivity index (χ1v) is 11.3. The van der Waals surface area contributed by atoms with E-state index in [9.17, 15) is 4.79 Å². The Morgan fingerprint density at radius 3 is 2.65 bits per heavy atom. The second-order valence-electron chi connectivity index (χ2n) is 8.83. The zero-order valence-electron chi connectivity index (χ0n) is 18.5. The van der Waals surface area contributed by atoms with Crippen LogP contribution >= 0.6 is 0 Å². The molecule has 164 valence electrons. The minimum atomic E-state index is -0.177. The summed E-state index contributed by atoms with van der Waals surface area (Å²) in [5, 5.41) is 4.28. The van der Waals surface area contributed by atoms with E-state index in [0.717, 1.165) is 36.2 Å². The Morgan fingerprint density at radius 1 is 1.13 bits per heavy atom. The molecule has 5 nitrogen and oxygen atoms in total. The van der Waals surface area contributed by atoms with E-state index in [1.54, 1.807) is 0 Å². The number of benzene rings is 2. The first-order valence-electron chi connectivity index (χ1n) is 11.3. The molecule has 0 saturated carbocycles. The maximum atomic E-state index is 13.0. The first kappa shape index (κ1) is 21.6. The Labute approximate surface area is 184 Å². The van der Waals surface area contributed by atoms with Crippen molar-refractivity contribution in [2.75, 3.05) is 26.3 Å². The van der Waals surface area contributed by atoms with Crippen molar-refractivity contribution in [3.63, 3.8) is 0 Å². The van der Waals surface area contributed by atoms with E-state index in [0.29, 0.717) is 24.1 Å². The molecule has 1 saturated heterocycles. The van der Waals surface area contributed by atoms with Crippen molar-refractivity contribution in [2.24, 2.45) is 5.92 Å². The number of likely N-dealkylation sites (tertiary alicyclic amines) is 1. The summed E-state index contributed by atoms with van der Waals surface area (Å²) in [7, 11) is 0. The number of nitrogens with one attached hydrogen (secondary N) is 2. The number of hydrogen-bond donors (Lipinski definition) is 2. The number of aromatic amines is 1. The van der Waals surface area contributed by atoms with Crippen molar-refractivity contribution in [3.8, 4) is 0 Å². The summed E-state index contributed by atoms with van der Waals surface area (Å²) in [6.07, 6.45) is 4.24. The third kappa shape index (κ3) is 5.54. The van der Waals surface area contributed by atoms with Crippen LogP contribution < -0.4 is 5.32 Å². The molecule has 1 atom stereocenters. The fourth-order valence-corrected chi connectivity index (χ4v) is 4.33. The molecular weight excluding hydrogens is 386 g/mol. The van der Waals surface area contributed by atoms with Crippen molar-refractivity contribution in [1.29, 1.82) is 0 Å². The Balaban J connectivity index is 1.36. The van der Waals surface area contributed by atoms with Gasteiger partial charge in [-0.1, -0.05) is 36.4 Å². The number of hydrogen-bond acceptors (Lipinski definition) is 3. The number of fused-ring (bicyclic) bond motifs is 1. The molecule has 4 rings (SSSR count). The Bertz CT molecular complexity index is 974. The summed E-state index contributed by atoms with van der Waals surface area (Å²) < 4.78 is 6.14. The molecule has 3 aromatic rings. The first-order chi connectivity index (χ1) is 15.1. The van der Waals surface area contributed by atoms with Crippen LogP contribution in [0.5, 0.6) is 0 Å². The number of rotatable bonds is 8. The Hall–Kier alpha value is -2.63. The van der Waals surface area contributed by atoms with Gasteiger partial charge in [0.2, 0.25) is 0 Å². The van der Waals surface area contributed by atoms with Gasteiger partial charge in [0.1, 0.15) is 0 Å². The molecule has 2 N–H and O–H groups in total. The van der Waals surface area contributed by atoms with Crippen molar-refractivity contribution in [1.82, 2.24) is 15.2 Å². The molecule has 0 unspecified atom stereocenters. The average Bonchev–Trinajstić information content (AvgIpc) is 3.27. The minimum Gasteiger partial charge on any atom is -0.379 e. The molecule has 0 spiro atoms. The SMILES string of the molecule is CC(C)N1CCC(COC[C@H](NC(=O)c2ccc3cc[nH]c3c2)c2ccccc2)CC1. The maximum absolute atomic E-state index is 13.0. The highest BCUT2D eigenvalue weighted by Gasteiger charge is 2.22. The fraction of sp³-hybridized carbons (Fsp3) is 0.423. The Kier molecular flexibility index (Phi) is 7.05. The molecule has 1 amide bonds. The van der Waals surface area contributed by atoms with Gasteiger partial charge in [-0.2, -0.15) is 0 Å². The zero-order chi connectivity index (χ0) is 21.6. The van der Waals surface area contributed by atoms with Crippen LogP contribution in [0.4, 0.5) is 0 Å². The molecule has 0 bridgehead atoms. The van der Waals surface area contributed by atoms with Gasteiger partial charge in [-0.05, 0) is 74.8 Å². The number of aromatic nitrogens is 1. The van der Waals surface area contributed by atoms with Crippen LogP contribution in [0.1, 0.15) is 48.7 Å². The molecule has 1 fully saturated rings. The van der Waals surface area contributed by atoms with Gasteiger partial charge < -0.3 is 19.9 Å². The van der Waals surface area contributed by atoms with Crippen LogP contribution in [-0.4, -0.2) is 48.1 Å². The number of ether oxygens (including phenoxy) is 1. The maximum Gasteiger partial charge on any atom is 0.251 e. The molecule has 1 aromatic heterocycles. The average molecular weight is 420 g/mol. The molecular formula is C26H33N3O2. The van der Waals surface area contributed by atoms with Crippen LogP contribution in [0.25, 0.3) is 10.9 Å². The number of amides is 1. The molecule has 1 aliphatic rings. The lowest BCUT2D eigenvalue weighted by molar-refractivity contribution is 0.0473. The summed E-state index contributed by atoms with van der Waals surface area (Å²) in [6.45, 7) is 8.04. The Morgan fingerprint density at radius 2 is 1.90 bits per heavy atom. The number of carbonyl (C=O) groups excluding carboxylic acids is 1. The van der Waals surface area contributed by atoms with E-state index in [2.05, 4.69) is 29.0 Å². The van der Waals surface area contributed by atoms with Crippen LogP contribution in [0.15, 0.2) is 60.8 Å². The minimum absolute atomic E-state index is 0.0841. The van der Waals surface area contributed by atoms with Crippen molar-refractivity contribution < 1.29 is 9.53 Å². The van der Waals surface area contributed by atoms with Gasteiger partial charge in [0.25, 0.3) is 5.91 Å². The highest BCUT2D eigenvalue weighted by Crippen LogP contribution is 2.21. The largest absolute Gasteiger partial charge is 0.379 e. The summed E-state index contributed by atoms with van der Waals surface area (Å²) in [4.78, 5) is 18.7. The van der Waals surface area contributed by atoms with E-state index in [-0.39, 0.29) is 11.9 Å². The highest BCUT2D eigenvalue weighted by atomic mass is 16.5. The summed E-state index contributed by atoms with van der Waals surface area (Å²) in [6, 6.07) is 18.3. The highest BCUT2D eigenvalue weighted by molar-refractivity contribution is 5.98. The van der Waals surface area contributed by atoms with E-state index in [1.807, 2.05) is 60.8 Å². The zero-order valence-corrected chi connectivity index (χ0v) is 18.5. The third-order valence-corrected chi connectivity index (χ3v) is 6.34. The van der Waals surface area contributed by atoms with Gasteiger partial charge in [0.15, 0.2) is 0 Å². The molecule has 5 heteroatoms. The van der Waals surface area contributed by atoms with Gasteiger partial charge in [-0.3, -0.25) is 4.79 Å². The second kappa shape index (κ2) is 10.1. The van der Waals surface area contributed by atoms with Crippen molar-refractivity contribution >= 4 is 16.8 Å². The number of carbonyl (C=O) groups is 1. The predicted octanol–water partition coefficient (Wildman–Crippen LogP) is 4.78. The van der Waals surface area contributed by atoms with Crippen LogP contribution in [0.2, 0.25) is 0 Å². The van der Waals surface area contributed by atoms with E-state index < -0.39 is 0 Å². The van der Waals surface area contributed by atoms with Gasteiger partial charge in [0, 0.05) is 29.9 Å². The summed E-state index contributed by atoms with van der Waals surface area (Å²) >= 11 is 0. The van der Waals surface area contributed by atoms with Crippen LogP contribution in [0.3, 0.4) is 0 Å². The van der Waals surface area contributed by atoms with Gasteiger partial charge in [-0.15, -0.1) is 0 Å². The van der Waals surface area contributed by atoms with Crippen LogP contribution in [-0.2, 0) is 4.74 Å². The van der Waals surface area contributed by atoms with Crippen molar-refractivity contribution in [2.45, 2.75) is 38.8 Å². The molecule has 2 heterocycles. The lowest BCUT2D eigenvalue weighted by Gasteiger charge is -2.34. The molecule has 2 aromatic carbocycles. The number of piperidine rings is 1. The number of H-pyrrole nitrogens is 1. The smallest absolute Gasteiger partial charge is 0.251 e. The fourth-order valence-electron chi connectivity index (χ4n) is 4.33. The monoisotopic (exact) mass is 419 g/mol. The van der Waals surface area contributed by atoms with E-state index >= 15 is 0 Å². The van der Waals surface area contributed by atoms with Crippen LogP contribution in [0, 0.1) is 5.92 Å². The molecule has 31 heavy (non-hydrogen) atoms. The standard InChI is InChI=1S/C26H33N3O2/c1-19(2)29-14-11-20(12-15-29)17-31-18-25(21-6-4-3-5-7-21)28-26(30)23-9-8-22-10-13-27-24(22)16-23/h3-10,13,16,19-20,25,27H,11-12,14-15,17-18H2,1-2H3,(H,28,30)/t25-/m0/s1. The van der Waals surface area contributed by atoms with Crippen molar-refractivity contribution in [3.05, 3.63) is 71.9 Å². The van der Waals surface area contributed by atoms with Gasteiger partial charge >= 0.3 is 0 Å². The van der Waals surface area contributed by atoms with Gasteiger partial charge in [0.05, 0.1) is 12.6 Å². The van der Waals surface area contributed by atoms with Gasteiger partial charge in [-0.25, -0.2) is 0 Å². The topological polar surface area (TPSA) is 57.4 Å². The van der Waals surface area contributed by atoms with E-state index in [4.69, 9.17) is 4.74 Å². The predicted molar refractivity (Wildman–Crippen MR) is 125 cm³/mol. The molecule has 0 aliphatic carbocycles. The third-order valence-electron chi connectivity index (χ3n) is 6.34. The lowest BCUT2D eigenvalue weighted by atomic mass is 9.97. The molecule has 0 radical (unpaired) electrons. The quantitative estimate of drug-likeness (QED) is 0.553.